The zero-order valence-electron chi connectivity index (χ0n) is 17.9. The highest BCUT2D eigenvalue weighted by molar-refractivity contribution is 7.18. The van der Waals surface area contributed by atoms with Crippen molar-refractivity contribution in [3.05, 3.63) is 58.7 Å². The molecular formula is C23H23ClN6OS. The fourth-order valence-corrected chi connectivity index (χ4v) is 5.47. The number of aromatic nitrogens is 4. The SMILES string of the molecule is Cc1sc2ncnc(N3CCC(C(=O)Nc4ccc(-n5ccnc5)c(Cl)c4)CC3)c2c1C. The van der Waals surface area contributed by atoms with Crippen LogP contribution >= 0.6 is 22.9 Å². The summed E-state index contributed by atoms with van der Waals surface area (Å²) in [5, 5.41) is 4.73. The smallest absolute Gasteiger partial charge is 0.227 e. The molecule has 0 saturated carbocycles. The third-order valence-electron chi connectivity index (χ3n) is 6.11. The van der Waals surface area contributed by atoms with Gasteiger partial charge < -0.3 is 14.8 Å². The Morgan fingerprint density at radius 2 is 2.03 bits per heavy atom. The van der Waals surface area contributed by atoms with Crippen LogP contribution in [0.2, 0.25) is 5.02 Å². The average molecular weight is 467 g/mol. The van der Waals surface area contributed by atoms with Crippen molar-refractivity contribution >= 4 is 50.6 Å². The molecule has 0 unspecified atom stereocenters. The molecule has 0 radical (unpaired) electrons. The van der Waals surface area contributed by atoms with Crippen LogP contribution in [0.1, 0.15) is 23.3 Å². The molecule has 0 bridgehead atoms. The molecule has 1 aromatic carbocycles. The lowest BCUT2D eigenvalue weighted by molar-refractivity contribution is -0.120. The standard InChI is InChI=1S/C23H23ClN6OS/c1-14-15(2)32-23-20(14)21(26-12-27-23)29-8-5-16(6-9-29)22(31)28-17-3-4-19(18(24)11-17)30-10-7-25-13-30/h3-4,7,10-13,16H,5-6,8-9H2,1-2H3,(H,28,31). The van der Waals surface area contributed by atoms with Gasteiger partial charge in [-0.1, -0.05) is 11.6 Å². The average Bonchev–Trinajstić information content (AvgIpc) is 3.42. The summed E-state index contributed by atoms with van der Waals surface area (Å²) in [6, 6.07) is 5.53. The van der Waals surface area contributed by atoms with Gasteiger partial charge in [0.15, 0.2) is 0 Å². The number of carbonyl (C=O) groups is 1. The van der Waals surface area contributed by atoms with Crippen molar-refractivity contribution in [2.45, 2.75) is 26.7 Å². The second-order valence-electron chi connectivity index (χ2n) is 8.05. The van der Waals surface area contributed by atoms with Gasteiger partial charge in [-0.25, -0.2) is 15.0 Å². The molecule has 1 fully saturated rings. The van der Waals surface area contributed by atoms with E-state index < -0.39 is 0 Å². The molecule has 4 heterocycles. The van der Waals surface area contributed by atoms with Gasteiger partial charge in [0.2, 0.25) is 5.91 Å². The van der Waals surface area contributed by atoms with Crippen molar-refractivity contribution < 1.29 is 4.79 Å². The Bertz CT molecular complexity index is 1280. The van der Waals surface area contributed by atoms with E-state index in [1.807, 2.05) is 22.9 Å². The number of amides is 1. The molecule has 32 heavy (non-hydrogen) atoms. The van der Waals surface area contributed by atoms with Crippen LogP contribution in [0, 0.1) is 19.8 Å². The van der Waals surface area contributed by atoms with E-state index in [1.165, 1.54) is 10.4 Å². The fourth-order valence-electron chi connectivity index (χ4n) is 4.20. The Morgan fingerprint density at radius 3 is 2.75 bits per heavy atom. The topological polar surface area (TPSA) is 75.9 Å². The number of nitrogens with zero attached hydrogens (tertiary/aromatic N) is 5. The molecular weight excluding hydrogens is 444 g/mol. The van der Waals surface area contributed by atoms with Crippen LogP contribution in [0.5, 0.6) is 0 Å². The minimum atomic E-state index is -0.0408. The van der Waals surface area contributed by atoms with E-state index in [-0.39, 0.29) is 11.8 Å². The highest BCUT2D eigenvalue weighted by Gasteiger charge is 2.27. The molecule has 3 aromatic heterocycles. The second-order valence-corrected chi connectivity index (χ2v) is 9.66. The predicted octanol–water partition coefficient (Wildman–Crippen LogP) is 5.00. The van der Waals surface area contributed by atoms with Crippen LogP contribution in [0.15, 0.2) is 43.2 Å². The lowest BCUT2D eigenvalue weighted by Gasteiger charge is -2.32. The number of aryl methyl sites for hydroxylation is 2. The minimum absolute atomic E-state index is 0.0338. The van der Waals surface area contributed by atoms with Crippen LogP contribution in [0.25, 0.3) is 15.9 Å². The zero-order chi connectivity index (χ0) is 22.2. The van der Waals surface area contributed by atoms with Gasteiger partial charge in [-0.2, -0.15) is 0 Å². The van der Waals surface area contributed by atoms with Crippen LogP contribution in [-0.2, 0) is 4.79 Å². The van der Waals surface area contributed by atoms with E-state index in [0.29, 0.717) is 10.7 Å². The van der Waals surface area contributed by atoms with Gasteiger partial charge in [0, 0.05) is 42.0 Å². The maximum absolute atomic E-state index is 12.9. The molecule has 0 atom stereocenters. The van der Waals surface area contributed by atoms with Crippen LogP contribution in [0.4, 0.5) is 11.5 Å². The lowest BCUT2D eigenvalue weighted by atomic mass is 9.95. The first-order valence-corrected chi connectivity index (χ1v) is 11.7. The lowest BCUT2D eigenvalue weighted by Crippen LogP contribution is -2.38. The first-order chi connectivity index (χ1) is 15.5. The van der Waals surface area contributed by atoms with Crippen LogP contribution in [-0.4, -0.2) is 38.5 Å². The Morgan fingerprint density at radius 1 is 1.22 bits per heavy atom. The second kappa shape index (κ2) is 8.52. The highest BCUT2D eigenvalue weighted by atomic mass is 35.5. The number of anilines is 2. The molecule has 164 valence electrons. The van der Waals surface area contributed by atoms with Crippen molar-refractivity contribution in [2.24, 2.45) is 5.92 Å². The molecule has 1 N–H and O–H groups in total. The van der Waals surface area contributed by atoms with Crippen LogP contribution < -0.4 is 10.2 Å². The number of piperidine rings is 1. The number of carbonyl (C=O) groups excluding carboxylic acids is 1. The Balaban J connectivity index is 1.25. The third-order valence-corrected chi connectivity index (χ3v) is 7.53. The number of halogens is 1. The van der Waals surface area contributed by atoms with E-state index >= 15 is 0 Å². The van der Waals surface area contributed by atoms with Crippen molar-refractivity contribution in [3.63, 3.8) is 0 Å². The number of imidazole rings is 1. The number of hydrogen-bond acceptors (Lipinski definition) is 6. The zero-order valence-corrected chi connectivity index (χ0v) is 19.5. The van der Waals surface area contributed by atoms with Gasteiger partial charge in [-0.05, 0) is 50.5 Å². The number of benzene rings is 1. The van der Waals surface area contributed by atoms with Gasteiger partial charge in [0.1, 0.15) is 17.0 Å². The monoisotopic (exact) mass is 466 g/mol. The maximum Gasteiger partial charge on any atom is 0.227 e. The molecule has 4 aromatic rings. The number of hydrogen-bond donors (Lipinski definition) is 1. The third kappa shape index (κ3) is 3.84. The minimum Gasteiger partial charge on any atom is -0.356 e. The Labute approximate surface area is 195 Å². The molecule has 5 rings (SSSR count). The van der Waals surface area contributed by atoms with Gasteiger partial charge in [0.25, 0.3) is 0 Å². The van der Waals surface area contributed by atoms with Gasteiger partial charge >= 0.3 is 0 Å². The first-order valence-electron chi connectivity index (χ1n) is 10.6. The van der Waals surface area contributed by atoms with E-state index in [4.69, 9.17) is 11.6 Å². The molecule has 0 spiro atoms. The number of nitrogens with one attached hydrogen (secondary N) is 1. The quantitative estimate of drug-likeness (QED) is 0.458. The van der Waals surface area contributed by atoms with Gasteiger partial charge in [0.05, 0.1) is 22.4 Å². The normalized spacial score (nSPS) is 14.8. The summed E-state index contributed by atoms with van der Waals surface area (Å²) in [6.45, 7) is 5.83. The largest absolute Gasteiger partial charge is 0.356 e. The van der Waals surface area contributed by atoms with Crippen molar-refractivity contribution in [1.82, 2.24) is 19.5 Å². The highest BCUT2D eigenvalue weighted by Crippen LogP contribution is 2.35. The molecule has 1 aliphatic rings. The molecule has 1 saturated heterocycles. The first kappa shape index (κ1) is 20.9. The number of fused-ring (bicyclic) bond motifs is 1. The summed E-state index contributed by atoms with van der Waals surface area (Å²) >= 11 is 8.13. The summed E-state index contributed by atoms with van der Waals surface area (Å²) in [7, 11) is 0. The van der Waals surface area contributed by atoms with Crippen molar-refractivity contribution in [1.29, 1.82) is 0 Å². The molecule has 1 amide bonds. The number of thiophene rings is 1. The van der Waals surface area contributed by atoms with E-state index in [0.717, 1.165) is 47.7 Å². The fraction of sp³-hybridized carbons (Fsp3) is 0.304. The summed E-state index contributed by atoms with van der Waals surface area (Å²) in [4.78, 5) is 30.5. The molecule has 9 heteroatoms. The van der Waals surface area contributed by atoms with E-state index in [2.05, 4.69) is 39.0 Å². The van der Waals surface area contributed by atoms with E-state index in [9.17, 15) is 4.79 Å². The maximum atomic E-state index is 12.9. The Kier molecular flexibility index (Phi) is 5.57. The molecule has 0 aliphatic carbocycles. The summed E-state index contributed by atoms with van der Waals surface area (Å²) in [6.07, 6.45) is 8.42. The van der Waals surface area contributed by atoms with Crippen molar-refractivity contribution in [3.8, 4) is 5.69 Å². The molecule has 1 aliphatic heterocycles. The Hall–Kier alpha value is -2.97. The van der Waals surface area contributed by atoms with Crippen molar-refractivity contribution in [2.75, 3.05) is 23.3 Å². The summed E-state index contributed by atoms with van der Waals surface area (Å²) in [5.74, 6) is 0.977. The van der Waals surface area contributed by atoms with E-state index in [1.54, 1.807) is 36.3 Å². The van der Waals surface area contributed by atoms with Crippen LogP contribution in [0.3, 0.4) is 0 Å². The summed E-state index contributed by atoms with van der Waals surface area (Å²) < 4.78 is 1.84. The van der Waals surface area contributed by atoms with Gasteiger partial charge in [-0.3, -0.25) is 4.79 Å². The van der Waals surface area contributed by atoms with Gasteiger partial charge in [-0.15, -0.1) is 11.3 Å². The predicted molar refractivity (Wildman–Crippen MR) is 129 cm³/mol. The molecule has 7 nitrogen and oxygen atoms in total. The number of rotatable bonds is 4. The summed E-state index contributed by atoms with van der Waals surface area (Å²) in [5.41, 5.74) is 2.77.